The fourth-order valence-electron chi connectivity index (χ4n) is 2.92. The van der Waals surface area contributed by atoms with Crippen LogP contribution in [0.2, 0.25) is 0 Å². The summed E-state index contributed by atoms with van der Waals surface area (Å²) in [6.45, 7) is 1.97. The maximum Gasteiger partial charge on any atom is 0.416 e. The summed E-state index contributed by atoms with van der Waals surface area (Å²) in [6, 6.07) is 2.31. The summed E-state index contributed by atoms with van der Waals surface area (Å²) in [7, 11) is 0. The first-order valence-corrected chi connectivity index (χ1v) is 8.66. The number of rotatable bonds is 4. The molecule has 156 valence electrons. The Hall–Kier alpha value is -2.69. The molecule has 0 spiro atoms. The topological polar surface area (TPSA) is 66.9 Å². The van der Waals surface area contributed by atoms with Crippen LogP contribution in [0, 0.1) is 5.92 Å². The van der Waals surface area contributed by atoms with Gasteiger partial charge in [0.15, 0.2) is 5.82 Å². The first-order valence-electron chi connectivity index (χ1n) is 8.66. The van der Waals surface area contributed by atoms with Crippen LogP contribution in [0.1, 0.15) is 28.0 Å². The summed E-state index contributed by atoms with van der Waals surface area (Å²) in [5, 5.41) is 5.80. The summed E-state index contributed by atoms with van der Waals surface area (Å²) in [5.74, 6) is -0.738. The molecule has 3 rings (SSSR count). The molecule has 2 heterocycles. The molecule has 0 bridgehead atoms. The monoisotopic (exact) mass is 418 g/mol. The van der Waals surface area contributed by atoms with Gasteiger partial charge >= 0.3 is 12.4 Å². The third-order valence-electron chi connectivity index (χ3n) is 4.45. The van der Waals surface area contributed by atoms with Gasteiger partial charge in [0.25, 0.3) is 5.91 Å². The second-order valence-electron chi connectivity index (χ2n) is 6.63. The molecule has 29 heavy (non-hydrogen) atoms. The summed E-state index contributed by atoms with van der Waals surface area (Å²) in [4.78, 5) is 19.9. The van der Waals surface area contributed by atoms with Crippen molar-refractivity contribution < 1.29 is 31.1 Å². The number of halogens is 6. The molecule has 0 radical (unpaired) electrons. The smallest absolute Gasteiger partial charge is 0.350 e. The third kappa shape index (κ3) is 5.22. The van der Waals surface area contributed by atoms with Gasteiger partial charge in [-0.25, -0.2) is 9.97 Å². The molecule has 0 saturated carbocycles. The number of hydrogen-bond donors (Lipinski definition) is 2. The summed E-state index contributed by atoms with van der Waals surface area (Å²) < 4.78 is 78.2. The zero-order valence-electron chi connectivity index (χ0n) is 14.9. The van der Waals surface area contributed by atoms with E-state index in [1.807, 2.05) is 0 Å². The molecular formula is C18H16F6N4O. The standard InChI is InChI=1S/C18H16F6N4O/c19-17(20,21)12-5-11(6-13(7-12)18(22,23)24)15-26-4-2-14(28-15)16(29)27-9-10-1-3-25-8-10/h2,4-7,10,25H,1,3,8-9H2,(H,27,29)/t10-/m0/s1. The summed E-state index contributed by atoms with van der Waals surface area (Å²) in [6.07, 6.45) is -7.97. The van der Waals surface area contributed by atoms with Crippen molar-refractivity contribution in [3.63, 3.8) is 0 Å². The van der Waals surface area contributed by atoms with Crippen LogP contribution in [0.25, 0.3) is 11.4 Å². The van der Waals surface area contributed by atoms with Gasteiger partial charge in [0, 0.05) is 18.3 Å². The molecule has 2 aromatic rings. The highest BCUT2D eigenvalue weighted by molar-refractivity contribution is 5.92. The van der Waals surface area contributed by atoms with Crippen molar-refractivity contribution in [2.75, 3.05) is 19.6 Å². The number of hydrogen-bond acceptors (Lipinski definition) is 4. The van der Waals surface area contributed by atoms with E-state index in [4.69, 9.17) is 0 Å². The van der Waals surface area contributed by atoms with Gasteiger partial charge in [-0.2, -0.15) is 26.3 Å². The number of benzene rings is 1. The van der Waals surface area contributed by atoms with Crippen LogP contribution in [-0.2, 0) is 12.4 Å². The van der Waals surface area contributed by atoms with Gasteiger partial charge in [0.2, 0.25) is 0 Å². The van der Waals surface area contributed by atoms with E-state index in [2.05, 4.69) is 20.6 Å². The van der Waals surface area contributed by atoms with Gasteiger partial charge in [-0.15, -0.1) is 0 Å². The second-order valence-corrected chi connectivity index (χ2v) is 6.63. The van der Waals surface area contributed by atoms with Crippen LogP contribution >= 0.6 is 0 Å². The van der Waals surface area contributed by atoms with Crippen LogP contribution in [0.4, 0.5) is 26.3 Å². The minimum Gasteiger partial charge on any atom is -0.350 e. The normalized spacial score (nSPS) is 17.4. The number of aromatic nitrogens is 2. The van der Waals surface area contributed by atoms with Crippen LogP contribution < -0.4 is 10.6 Å². The average molecular weight is 418 g/mol. The molecule has 1 atom stereocenters. The van der Waals surface area contributed by atoms with Crippen LogP contribution in [-0.4, -0.2) is 35.5 Å². The first-order chi connectivity index (χ1) is 13.5. The highest BCUT2D eigenvalue weighted by atomic mass is 19.4. The van der Waals surface area contributed by atoms with E-state index < -0.39 is 40.8 Å². The third-order valence-corrected chi connectivity index (χ3v) is 4.45. The number of amides is 1. The van der Waals surface area contributed by atoms with Crippen molar-refractivity contribution in [2.24, 2.45) is 5.92 Å². The van der Waals surface area contributed by atoms with E-state index in [0.29, 0.717) is 18.7 Å². The lowest BCUT2D eigenvalue weighted by atomic mass is 10.0. The molecule has 1 aromatic heterocycles. The molecule has 1 aliphatic rings. The molecular weight excluding hydrogens is 402 g/mol. The fourth-order valence-corrected chi connectivity index (χ4v) is 2.92. The number of alkyl halides is 6. The summed E-state index contributed by atoms with van der Waals surface area (Å²) in [5.41, 5.74) is -3.59. The van der Waals surface area contributed by atoms with Crippen molar-refractivity contribution in [1.82, 2.24) is 20.6 Å². The van der Waals surface area contributed by atoms with Gasteiger partial charge in [-0.3, -0.25) is 4.79 Å². The lowest BCUT2D eigenvalue weighted by molar-refractivity contribution is -0.143. The van der Waals surface area contributed by atoms with E-state index in [1.165, 1.54) is 6.07 Å². The van der Waals surface area contributed by atoms with Crippen molar-refractivity contribution in [1.29, 1.82) is 0 Å². The predicted octanol–water partition coefficient (Wildman–Crippen LogP) is 3.52. The Balaban J connectivity index is 1.90. The maximum atomic E-state index is 13.0. The molecule has 1 amide bonds. The van der Waals surface area contributed by atoms with E-state index in [0.717, 1.165) is 25.7 Å². The molecule has 0 unspecified atom stereocenters. The van der Waals surface area contributed by atoms with E-state index in [9.17, 15) is 31.1 Å². The average Bonchev–Trinajstić information content (AvgIpc) is 3.18. The first kappa shape index (κ1) is 21.0. The number of nitrogens with zero attached hydrogens (tertiary/aromatic N) is 2. The molecule has 5 nitrogen and oxygen atoms in total. The van der Waals surface area contributed by atoms with Crippen molar-refractivity contribution >= 4 is 5.91 Å². The maximum absolute atomic E-state index is 13.0. The number of carbonyl (C=O) groups excluding carboxylic acids is 1. The zero-order chi connectivity index (χ0) is 21.2. The SMILES string of the molecule is O=C(NC[C@H]1CCNC1)c1ccnc(-c2cc(C(F)(F)F)cc(C(F)(F)F)c2)n1. The van der Waals surface area contributed by atoms with E-state index in [-0.39, 0.29) is 17.7 Å². The van der Waals surface area contributed by atoms with Gasteiger partial charge in [-0.1, -0.05) is 0 Å². The van der Waals surface area contributed by atoms with Crippen LogP contribution in [0.15, 0.2) is 30.5 Å². The largest absolute Gasteiger partial charge is 0.416 e. The Bertz CT molecular complexity index is 858. The van der Waals surface area contributed by atoms with Gasteiger partial charge < -0.3 is 10.6 Å². The summed E-state index contributed by atoms with van der Waals surface area (Å²) >= 11 is 0. The molecule has 11 heteroatoms. The second kappa shape index (κ2) is 7.97. The Morgan fingerprint density at radius 3 is 2.31 bits per heavy atom. The van der Waals surface area contributed by atoms with E-state index >= 15 is 0 Å². The lowest BCUT2D eigenvalue weighted by Crippen LogP contribution is -2.30. The van der Waals surface area contributed by atoms with Gasteiger partial charge in [0.05, 0.1) is 11.1 Å². The van der Waals surface area contributed by atoms with E-state index in [1.54, 1.807) is 0 Å². The number of carbonyl (C=O) groups is 1. The highest BCUT2D eigenvalue weighted by Gasteiger charge is 2.37. The molecule has 0 aliphatic carbocycles. The Kier molecular flexibility index (Phi) is 5.78. The Morgan fingerprint density at radius 2 is 1.76 bits per heavy atom. The highest BCUT2D eigenvalue weighted by Crippen LogP contribution is 2.38. The minimum atomic E-state index is -4.99. The number of nitrogens with one attached hydrogen (secondary N) is 2. The Labute approximate surface area is 161 Å². The van der Waals surface area contributed by atoms with Crippen LogP contribution in [0.3, 0.4) is 0 Å². The van der Waals surface area contributed by atoms with Crippen molar-refractivity contribution in [2.45, 2.75) is 18.8 Å². The van der Waals surface area contributed by atoms with Gasteiger partial charge in [-0.05, 0) is 49.7 Å². The minimum absolute atomic E-state index is 0.0235. The van der Waals surface area contributed by atoms with Gasteiger partial charge in [0.1, 0.15) is 5.69 Å². The van der Waals surface area contributed by atoms with Crippen LogP contribution in [0.5, 0.6) is 0 Å². The molecule has 1 aromatic carbocycles. The molecule has 1 saturated heterocycles. The Morgan fingerprint density at radius 1 is 1.10 bits per heavy atom. The zero-order valence-corrected chi connectivity index (χ0v) is 14.9. The van der Waals surface area contributed by atoms with Crippen molar-refractivity contribution in [3.05, 3.63) is 47.3 Å². The predicted molar refractivity (Wildman–Crippen MR) is 90.8 cm³/mol. The fraction of sp³-hybridized carbons (Fsp3) is 0.389. The lowest BCUT2D eigenvalue weighted by Gasteiger charge is -2.14. The quantitative estimate of drug-likeness (QED) is 0.746. The molecule has 1 fully saturated rings. The molecule has 1 aliphatic heterocycles. The van der Waals surface area contributed by atoms with Crippen molar-refractivity contribution in [3.8, 4) is 11.4 Å². The molecule has 2 N–H and O–H groups in total.